The van der Waals surface area contributed by atoms with E-state index in [1.54, 1.807) is 13.0 Å². The molecule has 0 aliphatic carbocycles. The number of aromatic nitrogens is 2. The van der Waals surface area contributed by atoms with Crippen molar-refractivity contribution in [2.45, 2.75) is 50.5 Å². The quantitative estimate of drug-likeness (QED) is 0.805. The number of benzene rings is 1. The second kappa shape index (κ2) is 6.31. The summed E-state index contributed by atoms with van der Waals surface area (Å²) >= 11 is 0. The molecule has 2 aromatic rings. The molecule has 8 nitrogen and oxygen atoms in total. The highest BCUT2D eigenvalue weighted by molar-refractivity contribution is 7.89. The highest BCUT2D eigenvalue weighted by Gasteiger charge is 2.37. The fraction of sp³-hybridized carbons (Fsp3) is 0.588. The average Bonchev–Trinajstić information content (AvgIpc) is 3.24. The number of nitrogens with zero attached hydrogens (tertiary/aromatic N) is 4. The topological polar surface area (TPSA) is 96.6 Å². The summed E-state index contributed by atoms with van der Waals surface area (Å²) in [5, 5.41) is 7.70. The van der Waals surface area contributed by atoms with Crippen LogP contribution >= 0.6 is 0 Å². The van der Waals surface area contributed by atoms with Gasteiger partial charge in [-0.2, -0.15) is 4.31 Å². The van der Waals surface area contributed by atoms with Gasteiger partial charge in [0.2, 0.25) is 15.9 Å². The lowest BCUT2D eigenvalue weighted by Gasteiger charge is -2.37. The number of fused-ring (bicyclic) bond motifs is 1. The van der Waals surface area contributed by atoms with Gasteiger partial charge in [-0.25, -0.2) is 13.0 Å². The smallest absolute Gasteiger partial charge is 0.245 e. The predicted octanol–water partition coefficient (Wildman–Crippen LogP) is 1.62. The Bertz CT molecular complexity index is 969. The Kier molecular flexibility index (Phi) is 4.23. The van der Waals surface area contributed by atoms with Gasteiger partial charge >= 0.3 is 0 Å². The van der Waals surface area contributed by atoms with E-state index in [9.17, 15) is 13.2 Å². The molecule has 1 aromatic heterocycles. The van der Waals surface area contributed by atoms with Crippen LogP contribution in [0, 0.1) is 13.8 Å². The molecule has 4 rings (SSSR count). The number of carbonyl (C=O) groups is 1. The standard InChI is InChI=1S/C17H22N4O4S/c1-11-9-12(2)17(16-15(11)18-25-19-16)26(23,24)20-7-3-5-13(10-20)21-8-4-6-14(21)22/h9,13H,3-8,10H2,1-2H3. The number of carbonyl (C=O) groups excluding carboxylic acids is 1. The van der Waals surface area contributed by atoms with Crippen molar-refractivity contribution in [3.63, 3.8) is 0 Å². The molecule has 0 radical (unpaired) electrons. The van der Waals surface area contributed by atoms with Crippen molar-refractivity contribution in [2.75, 3.05) is 19.6 Å². The second-order valence-electron chi connectivity index (χ2n) is 7.15. The van der Waals surface area contributed by atoms with Crippen molar-refractivity contribution < 1.29 is 17.8 Å². The van der Waals surface area contributed by atoms with Crippen LogP contribution in [0.2, 0.25) is 0 Å². The first-order valence-corrected chi connectivity index (χ1v) is 10.4. The van der Waals surface area contributed by atoms with Crippen LogP contribution in [0.25, 0.3) is 11.0 Å². The van der Waals surface area contributed by atoms with Crippen LogP contribution in [-0.2, 0) is 14.8 Å². The van der Waals surface area contributed by atoms with E-state index < -0.39 is 10.0 Å². The minimum absolute atomic E-state index is 0.0507. The molecule has 1 aromatic carbocycles. The normalized spacial score (nSPS) is 22.5. The molecule has 1 amide bonds. The van der Waals surface area contributed by atoms with E-state index in [0.717, 1.165) is 31.4 Å². The Hall–Kier alpha value is -2.00. The SMILES string of the molecule is Cc1cc(C)c2nonc2c1S(=O)(=O)N1CCCC(N2CCCC2=O)C1. The number of sulfonamides is 1. The van der Waals surface area contributed by atoms with Crippen molar-refractivity contribution in [2.24, 2.45) is 0 Å². The van der Waals surface area contributed by atoms with Crippen LogP contribution in [-0.4, -0.2) is 59.5 Å². The third-order valence-corrected chi connectivity index (χ3v) is 7.42. The lowest BCUT2D eigenvalue weighted by molar-refractivity contribution is -0.130. The first-order valence-electron chi connectivity index (χ1n) is 8.91. The van der Waals surface area contributed by atoms with Gasteiger partial charge in [0.25, 0.3) is 0 Å². The molecule has 2 aliphatic rings. The molecule has 2 aliphatic heterocycles. The highest BCUT2D eigenvalue weighted by atomic mass is 32.2. The summed E-state index contributed by atoms with van der Waals surface area (Å²) in [6.45, 7) is 5.11. The van der Waals surface area contributed by atoms with Gasteiger partial charge in [0, 0.05) is 32.1 Å². The summed E-state index contributed by atoms with van der Waals surface area (Å²) in [7, 11) is -3.75. The Labute approximate surface area is 152 Å². The molecule has 26 heavy (non-hydrogen) atoms. The number of hydrogen-bond acceptors (Lipinski definition) is 6. The number of amides is 1. The lowest BCUT2D eigenvalue weighted by atomic mass is 10.1. The van der Waals surface area contributed by atoms with Gasteiger partial charge in [-0.1, -0.05) is 6.07 Å². The molecule has 2 fully saturated rings. The van der Waals surface area contributed by atoms with E-state index in [1.807, 2.05) is 11.8 Å². The fourth-order valence-electron chi connectivity index (χ4n) is 4.15. The zero-order valence-electron chi connectivity index (χ0n) is 14.9. The summed E-state index contributed by atoms with van der Waals surface area (Å²) in [4.78, 5) is 14.1. The predicted molar refractivity (Wildman–Crippen MR) is 94.0 cm³/mol. The van der Waals surface area contributed by atoms with Crippen LogP contribution in [0.3, 0.4) is 0 Å². The van der Waals surface area contributed by atoms with Gasteiger partial charge in [0.15, 0.2) is 5.52 Å². The number of aryl methyl sites for hydroxylation is 2. The lowest BCUT2D eigenvalue weighted by Crippen LogP contribution is -2.50. The summed E-state index contributed by atoms with van der Waals surface area (Å²) in [5.41, 5.74) is 2.21. The molecular weight excluding hydrogens is 356 g/mol. The first-order chi connectivity index (χ1) is 12.4. The maximum absolute atomic E-state index is 13.4. The van der Waals surface area contributed by atoms with Crippen LogP contribution in [0.5, 0.6) is 0 Å². The Morgan fingerprint density at radius 2 is 1.88 bits per heavy atom. The third kappa shape index (κ3) is 2.69. The largest absolute Gasteiger partial charge is 0.338 e. The molecular formula is C17H22N4O4S. The summed E-state index contributed by atoms with van der Waals surface area (Å²) < 4.78 is 33.1. The first kappa shape index (κ1) is 17.4. The molecule has 9 heteroatoms. The Morgan fingerprint density at radius 1 is 1.12 bits per heavy atom. The van der Waals surface area contributed by atoms with Crippen molar-refractivity contribution in [1.29, 1.82) is 0 Å². The van der Waals surface area contributed by atoms with Crippen LogP contribution < -0.4 is 0 Å². The van der Waals surface area contributed by atoms with Crippen molar-refractivity contribution >= 4 is 27.0 Å². The highest BCUT2D eigenvalue weighted by Crippen LogP contribution is 2.32. The molecule has 0 bridgehead atoms. The molecule has 1 unspecified atom stereocenters. The molecule has 0 spiro atoms. The molecule has 3 heterocycles. The van der Waals surface area contributed by atoms with E-state index in [0.29, 0.717) is 30.6 Å². The van der Waals surface area contributed by atoms with Crippen molar-refractivity contribution in [1.82, 2.24) is 19.5 Å². The minimum Gasteiger partial charge on any atom is -0.338 e. The van der Waals surface area contributed by atoms with Crippen LogP contribution in [0.4, 0.5) is 0 Å². The Morgan fingerprint density at radius 3 is 2.62 bits per heavy atom. The monoisotopic (exact) mass is 378 g/mol. The zero-order valence-corrected chi connectivity index (χ0v) is 15.8. The molecule has 140 valence electrons. The second-order valence-corrected chi connectivity index (χ2v) is 9.03. The number of rotatable bonds is 3. The minimum atomic E-state index is -3.75. The van der Waals surface area contributed by atoms with E-state index in [1.165, 1.54) is 4.31 Å². The van der Waals surface area contributed by atoms with Crippen molar-refractivity contribution in [3.8, 4) is 0 Å². The molecule has 2 saturated heterocycles. The van der Waals surface area contributed by atoms with E-state index in [2.05, 4.69) is 10.3 Å². The van der Waals surface area contributed by atoms with Gasteiger partial charge in [0.05, 0.1) is 0 Å². The third-order valence-electron chi connectivity index (χ3n) is 5.38. The van der Waals surface area contributed by atoms with Gasteiger partial charge < -0.3 is 4.90 Å². The molecule has 0 saturated carbocycles. The summed E-state index contributed by atoms with van der Waals surface area (Å²) in [5.74, 6) is 0.129. The number of piperidine rings is 1. The number of hydrogen-bond donors (Lipinski definition) is 0. The van der Waals surface area contributed by atoms with Crippen LogP contribution in [0.1, 0.15) is 36.8 Å². The van der Waals surface area contributed by atoms with Gasteiger partial charge in [0.1, 0.15) is 10.4 Å². The molecule has 0 N–H and O–H groups in total. The molecule has 1 atom stereocenters. The zero-order chi connectivity index (χ0) is 18.5. The average molecular weight is 378 g/mol. The summed E-state index contributed by atoms with van der Waals surface area (Å²) in [6, 6.07) is 1.75. The number of likely N-dealkylation sites (tertiary alicyclic amines) is 1. The van der Waals surface area contributed by atoms with Gasteiger partial charge in [-0.3, -0.25) is 4.79 Å². The van der Waals surface area contributed by atoms with E-state index in [4.69, 9.17) is 4.63 Å². The Balaban J connectivity index is 1.71. The maximum atomic E-state index is 13.4. The maximum Gasteiger partial charge on any atom is 0.245 e. The van der Waals surface area contributed by atoms with Crippen LogP contribution in [0.15, 0.2) is 15.6 Å². The van der Waals surface area contributed by atoms with E-state index >= 15 is 0 Å². The van der Waals surface area contributed by atoms with Gasteiger partial charge in [-0.05, 0) is 54.6 Å². The van der Waals surface area contributed by atoms with Crippen molar-refractivity contribution in [3.05, 3.63) is 17.2 Å². The van der Waals surface area contributed by atoms with Gasteiger partial charge in [-0.15, -0.1) is 0 Å². The summed E-state index contributed by atoms with van der Waals surface area (Å²) in [6.07, 6.45) is 2.99. The van der Waals surface area contributed by atoms with E-state index in [-0.39, 0.29) is 22.4 Å². The fourth-order valence-corrected chi connectivity index (χ4v) is 5.99.